The zero-order valence-electron chi connectivity index (χ0n) is 7.93. The molecule has 0 aromatic heterocycles. The molecule has 0 fully saturated rings. The molecule has 1 aliphatic heterocycles. The van der Waals surface area contributed by atoms with Crippen LogP contribution in [0.15, 0.2) is 36.1 Å². The van der Waals surface area contributed by atoms with E-state index in [1.54, 1.807) is 0 Å². The van der Waals surface area contributed by atoms with E-state index in [4.69, 9.17) is 0 Å². The summed E-state index contributed by atoms with van der Waals surface area (Å²) in [6, 6.07) is 0. The first-order valence-corrected chi connectivity index (χ1v) is 4.63. The summed E-state index contributed by atoms with van der Waals surface area (Å²) in [4.78, 5) is 23.9. The second-order valence-corrected chi connectivity index (χ2v) is 3.55. The molecule has 0 radical (unpaired) electrons. The van der Waals surface area contributed by atoms with Crippen LogP contribution in [0.4, 0.5) is 0 Å². The van der Waals surface area contributed by atoms with E-state index in [-0.39, 0.29) is 11.8 Å². The topological polar surface area (TPSA) is 37.4 Å². The van der Waals surface area contributed by atoms with Crippen molar-refractivity contribution in [1.29, 1.82) is 0 Å². The van der Waals surface area contributed by atoms with Gasteiger partial charge in [0, 0.05) is 17.8 Å². The molecule has 14 heavy (non-hydrogen) atoms. The summed E-state index contributed by atoms with van der Waals surface area (Å²) in [5.41, 5.74) is 0.698. The van der Waals surface area contributed by atoms with Gasteiger partial charge in [-0.3, -0.25) is 9.59 Å². The second-order valence-electron chi connectivity index (χ2n) is 3.55. The van der Waals surface area contributed by atoms with Crippen LogP contribution in [-0.2, 0) is 9.59 Å². The van der Waals surface area contributed by atoms with Gasteiger partial charge in [-0.15, -0.1) is 0 Å². The number of allylic oxidation sites excluding steroid dienone is 3. The number of nitrogens with zero attached hydrogens (tertiary/aromatic N) is 1. The van der Waals surface area contributed by atoms with Gasteiger partial charge in [0.1, 0.15) is 0 Å². The Balaban J connectivity index is 2.28. The molecule has 0 bridgehead atoms. The second kappa shape index (κ2) is 3.25. The van der Waals surface area contributed by atoms with Gasteiger partial charge in [0.25, 0.3) is 11.8 Å². The zero-order valence-corrected chi connectivity index (χ0v) is 7.93. The van der Waals surface area contributed by atoms with E-state index in [0.29, 0.717) is 11.6 Å². The molecule has 2 aliphatic rings. The molecule has 0 saturated carbocycles. The van der Waals surface area contributed by atoms with Crippen LogP contribution in [0, 0.1) is 5.92 Å². The fraction of sp³-hybridized carbons (Fsp3) is 0.273. The highest BCUT2D eigenvalue weighted by Gasteiger charge is 2.26. The lowest BCUT2D eigenvalue weighted by Crippen LogP contribution is -2.29. The molecule has 1 heterocycles. The van der Waals surface area contributed by atoms with Gasteiger partial charge >= 0.3 is 0 Å². The smallest absolute Gasteiger partial charge is 0.258 e. The van der Waals surface area contributed by atoms with Gasteiger partial charge in [-0.25, -0.2) is 4.90 Å². The first-order chi connectivity index (χ1) is 6.68. The largest absolute Gasteiger partial charge is 0.269 e. The average molecular weight is 189 g/mol. The first-order valence-electron chi connectivity index (χ1n) is 4.63. The predicted octanol–water partition coefficient (Wildman–Crippen LogP) is 1.39. The summed E-state index contributed by atoms with van der Waals surface area (Å²) in [6.45, 7) is 2.06. The number of carbonyl (C=O) groups excluding carboxylic acids is 2. The summed E-state index contributed by atoms with van der Waals surface area (Å²) in [6.07, 6.45) is 9.32. The Hall–Kier alpha value is -1.64. The predicted molar refractivity (Wildman–Crippen MR) is 52.0 cm³/mol. The lowest BCUT2D eigenvalue weighted by Gasteiger charge is -2.19. The molecule has 2 rings (SSSR count). The number of carbonyl (C=O) groups is 2. The van der Waals surface area contributed by atoms with Gasteiger partial charge in [-0.05, 0) is 18.4 Å². The molecule has 72 valence electrons. The molecule has 0 aromatic carbocycles. The zero-order chi connectivity index (χ0) is 10.1. The van der Waals surface area contributed by atoms with E-state index < -0.39 is 0 Å². The molecule has 0 aromatic rings. The van der Waals surface area contributed by atoms with Crippen LogP contribution < -0.4 is 0 Å². The third kappa shape index (κ3) is 1.41. The Morgan fingerprint density at radius 2 is 1.86 bits per heavy atom. The molecule has 3 heteroatoms. The molecule has 3 nitrogen and oxygen atoms in total. The Kier molecular flexibility index (Phi) is 2.08. The molecule has 1 atom stereocenters. The molecule has 1 unspecified atom stereocenters. The number of imide groups is 1. The van der Waals surface area contributed by atoms with Crippen molar-refractivity contribution < 1.29 is 9.59 Å². The highest BCUT2D eigenvalue weighted by atomic mass is 16.2. The summed E-state index contributed by atoms with van der Waals surface area (Å²) in [7, 11) is 0. The SMILES string of the molecule is CC1C=C(N2C(=O)C=CC2=O)C=CC1. The van der Waals surface area contributed by atoms with E-state index in [9.17, 15) is 9.59 Å². The van der Waals surface area contributed by atoms with Gasteiger partial charge < -0.3 is 0 Å². The maximum Gasteiger partial charge on any atom is 0.258 e. The maximum absolute atomic E-state index is 11.3. The van der Waals surface area contributed by atoms with Crippen molar-refractivity contribution in [3.63, 3.8) is 0 Å². The molecule has 1 aliphatic carbocycles. The fourth-order valence-corrected chi connectivity index (χ4v) is 1.62. The molecule has 0 N–H and O–H groups in total. The van der Waals surface area contributed by atoms with Crippen molar-refractivity contribution in [3.05, 3.63) is 36.1 Å². The highest BCUT2D eigenvalue weighted by Crippen LogP contribution is 2.21. The number of rotatable bonds is 1. The van der Waals surface area contributed by atoms with Crippen LogP contribution in [0.1, 0.15) is 13.3 Å². The van der Waals surface area contributed by atoms with Crippen LogP contribution in [0.5, 0.6) is 0 Å². The van der Waals surface area contributed by atoms with E-state index in [0.717, 1.165) is 6.42 Å². The monoisotopic (exact) mass is 189 g/mol. The fourth-order valence-electron chi connectivity index (χ4n) is 1.62. The third-order valence-corrected chi connectivity index (χ3v) is 2.32. The lowest BCUT2D eigenvalue weighted by molar-refractivity contribution is -0.134. The summed E-state index contributed by atoms with van der Waals surface area (Å²) in [5.74, 6) is -0.115. The Morgan fingerprint density at radius 1 is 1.21 bits per heavy atom. The molecular formula is C11H11NO2. The minimum atomic E-state index is -0.250. The van der Waals surface area contributed by atoms with Gasteiger partial charge in [0.05, 0.1) is 0 Å². The Labute approximate surface area is 82.4 Å². The van der Waals surface area contributed by atoms with Gasteiger partial charge in [-0.1, -0.05) is 19.1 Å². The lowest BCUT2D eigenvalue weighted by atomic mass is 10.0. The van der Waals surface area contributed by atoms with Crippen LogP contribution in [0.2, 0.25) is 0 Å². The minimum Gasteiger partial charge on any atom is -0.269 e. The van der Waals surface area contributed by atoms with E-state index in [1.807, 2.05) is 18.2 Å². The van der Waals surface area contributed by atoms with Crippen molar-refractivity contribution in [1.82, 2.24) is 4.90 Å². The van der Waals surface area contributed by atoms with Crippen LogP contribution in [-0.4, -0.2) is 16.7 Å². The standard InChI is InChI=1S/C11H11NO2/c1-8-3-2-4-9(7-8)12-10(13)5-6-11(12)14/h2,4-8H,3H2,1H3. The normalized spacial score (nSPS) is 25.9. The van der Waals surface area contributed by atoms with Gasteiger partial charge in [0.2, 0.25) is 0 Å². The molecule has 0 spiro atoms. The average Bonchev–Trinajstić information content (AvgIpc) is 2.46. The number of hydrogen-bond acceptors (Lipinski definition) is 2. The van der Waals surface area contributed by atoms with Crippen molar-refractivity contribution >= 4 is 11.8 Å². The first kappa shape index (κ1) is 8.94. The van der Waals surface area contributed by atoms with E-state index >= 15 is 0 Å². The quantitative estimate of drug-likeness (QED) is 0.584. The Bertz CT molecular complexity index is 359. The third-order valence-electron chi connectivity index (χ3n) is 2.32. The van der Waals surface area contributed by atoms with Crippen molar-refractivity contribution in [2.45, 2.75) is 13.3 Å². The van der Waals surface area contributed by atoms with Gasteiger partial charge in [0.15, 0.2) is 0 Å². The molecule has 2 amide bonds. The summed E-state index contributed by atoms with van der Waals surface area (Å²) < 4.78 is 0. The maximum atomic E-state index is 11.3. The number of amides is 2. The van der Waals surface area contributed by atoms with Crippen molar-refractivity contribution in [2.75, 3.05) is 0 Å². The Morgan fingerprint density at radius 3 is 2.43 bits per heavy atom. The minimum absolute atomic E-state index is 0.250. The van der Waals surface area contributed by atoms with Crippen LogP contribution in [0.3, 0.4) is 0 Å². The summed E-state index contributed by atoms with van der Waals surface area (Å²) in [5, 5.41) is 0. The van der Waals surface area contributed by atoms with E-state index in [2.05, 4.69) is 6.92 Å². The molecular weight excluding hydrogens is 178 g/mol. The van der Waals surface area contributed by atoms with Crippen LogP contribution >= 0.6 is 0 Å². The number of hydrogen-bond donors (Lipinski definition) is 0. The van der Waals surface area contributed by atoms with E-state index in [1.165, 1.54) is 17.1 Å². The summed E-state index contributed by atoms with van der Waals surface area (Å²) >= 11 is 0. The van der Waals surface area contributed by atoms with Crippen LogP contribution in [0.25, 0.3) is 0 Å². The van der Waals surface area contributed by atoms with Crippen molar-refractivity contribution in [2.24, 2.45) is 5.92 Å². The highest BCUT2D eigenvalue weighted by molar-refractivity contribution is 6.14. The molecule has 0 saturated heterocycles. The van der Waals surface area contributed by atoms with Crippen molar-refractivity contribution in [3.8, 4) is 0 Å². The van der Waals surface area contributed by atoms with Gasteiger partial charge in [-0.2, -0.15) is 0 Å².